The molecule has 0 aliphatic rings. The minimum atomic E-state index is -0.327. The standard InChI is InChI=1S/C14H21BrFNO/c1-4-5-10(2)17-9-11(3)18-14-8-12(15)6-7-13(14)16/h6-8,10-11,17H,4-5,9H2,1-3H3. The number of hydrogen-bond donors (Lipinski definition) is 1. The first-order valence-corrected chi connectivity index (χ1v) is 7.17. The maximum Gasteiger partial charge on any atom is 0.165 e. The van der Waals surface area contributed by atoms with Crippen LogP contribution in [0, 0.1) is 5.82 Å². The fourth-order valence-electron chi connectivity index (χ4n) is 1.73. The molecular formula is C14H21BrFNO. The third-order valence-corrected chi connectivity index (χ3v) is 3.19. The summed E-state index contributed by atoms with van der Waals surface area (Å²) in [5, 5.41) is 3.38. The molecule has 1 aromatic carbocycles. The lowest BCUT2D eigenvalue weighted by Crippen LogP contribution is -2.35. The monoisotopic (exact) mass is 317 g/mol. The zero-order valence-electron chi connectivity index (χ0n) is 11.2. The predicted molar refractivity (Wildman–Crippen MR) is 76.6 cm³/mol. The minimum Gasteiger partial charge on any atom is -0.486 e. The molecule has 0 saturated carbocycles. The molecule has 0 heterocycles. The third kappa shape index (κ3) is 5.36. The molecule has 0 aliphatic carbocycles. The van der Waals surface area contributed by atoms with Gasteiger partial charge in [-0.15, -0.1) is 0 Å². The van der Waals surface area contributed by atoms with Gasteiger partial charge in [0, 0.05) is 17.1 Å². The van der Waals surface area contributed by atoms with E-state index in [0.717, 1.165) is 17.3 Å². The lowest BCUT2D eigenvalue weighted by molar-refractivity contribution is 0.202. The molecule has 1 N–H and O–H groups in total. The van der Waals surface area contributed by atoms with Gasteiger partial charge < -0.3 is 10.1 Å². The fourth-order valence-corrected chi connectivity index (χ4v) is 2.07. The Bertz CT molecular complexity index is 373. The largest absolute Gasteiger partial charge is 0.486 e. The zero-order chi connectivity index (χ0) is 13.5. The van der Waals surface area contributed by atoms with Gasteiger partial charge in [-0.05, 0) is 38.5 Å². The summed E-state index contributed by atoms with van der Waals surface area (Å²) in [5.74, 6) is -0.0338. The molecule has 0 aromatic heterocycles. The van der Waals surface area contributed by atoms with Gasteiger partial charge in [-0.1, -0.05) is 29.3 Å². The van der Waals surface area contributed by atoms with Gasteiger partial charge >= 0.3 is 0 Å². The molecule has 0 aliphatic heterocycles. The maximum atomic E-state index is 13.5. The molecule has 0 radical (unpaired) electrons. The van der Waals surface area contributed by atoms with Crippen LogP contribution in [0.25, 0.3) is 0 Å². The Kier molecular flexibility index (Phi) is 6.65. The lowest BCUT2D eigenvalue weighted by atomic mass is 10.2. The fraction of sp³-hybridized carbons (Fsp3) is 0.571. The van der Waals surface area contributed by atoms with Crippen LogP contribution in [-0.4, -0.2) is 18.7 Å². The highest BCUT2D eigenvalue weighted by Gasteiger charge is 2.10. The molecule has 0 bridgehead atoms. The molecule has 2 nitrogen and oxygen atoms in total. The lowest BCUT2D eigenvalue weighted by Gasteiger charge is -2.19. The minimum absolute atomic E-state index is 0.0619. The maximum absolute atomic E-state index is 13.5. The number of rotatable bonds is 7. The summed E-state index contributed by atoms with van der Waals surface area (Å²) < 4.78 is 19.9. The number of benzene rings is 1. The molecule has 102 valence electrons. The van der Waals surface area contributed by atoms with Gasteiger partial charge in [0.1, 0.15) is 6.10 Å². The molecule has 2 unspecified atom stereocenters. The second-order valence-corrected chi connectivity index (χ2v) is 5.52. The highest BCUT2D eigenvalue weighted by atomic mass is 79.9. The molecule has 0 saturated heterocycles. The van der Waals surface area contributed by atoms with Crippen LogP contribution in [0.2, 0.25) is 0 Å². The smallest absolute Gasteiger partial charge is 0.165 e. The molecule has 4 heteroatoms. The number of hydrogen-bond acceptors (Lipinski definition) is 2. The van der Waals surface area contributed by atoms with Crippen LogP contribution in [0.3, 0.4) is 0 Å². The van der Waals surface area contributed by atoms with E-state index in [1.54, 1.807) is 12.1 Å². The van der Waals surface area contributed by atoms with Crippen molar-refractivity contribution >= 4 is 15.9 Å². The van der Waals surface area contributed by atoms with Gasteiger partial charge in [-0.25, -0.2) is 4.39 Å². The third-order valence-electron chi connectivity index (χ3n) is 2.70. The van der Waals surface area contributed by atoms with E-state index in [4.69, 9.17) is 4.74 Å². The zero-order valence-corrected chi connectivity index (χ0v) is 12.8. The van der Waals surface area contributed by atoms with Gasteiger partial charge in [-0.2, -0.15) is 0 Å². The van der Waals surface area contributed by atoms with Gasteiger partial charge in [0.2, 0.25) is 0 Å². The molecule has 1 aromatic rings. The van der Waals surface area contributed by atoms with Crippen molar-refractivity contribution in [1.82, 2.24) is 5.32 Å². The molecule has 2 atom stereocenters. The first-order valence-electron chi connectivity index (χ1n) is 6.38. The van der Waals surface area contributed by atoms with E-state index in [9.17, 15) is 4.39 Å². The van der Waals surface area contributed by atoms with E-state index >= 15 is 0 Å². The van der Waals surface area contributed by atoms with E-state index in [2.05, 4.69) is 35.1 Å². The highest BCUT2D eigenvalue weighted by molar-refractivity contribution is 9.10. The number of ether oxygens (including phenoxy) is 1. The summed E-state index contributed by atoms with van der Waals surface area (Å²) in [5.41, 5.74) is 0. The summed E-state index contributed by atoms with van der Waals surface area (Å²) in [4.78, 5) is 0. The van der Waals surface area contributed by atoms with E-state index in [1.807, 2.05) is 6.92 Å². The Morgan fingerprint density at radius 2 is 2.11 bits per heavy atom. The summed E-state index contributed by atoms with van der Waals surface area (Å²) in [6, 6.07) is 5.18. The summed E-state index contributed by atoms with van der Waals surface area (Å²) >= 11 is 3.31. The first-order chi connectivity index (χ1) is 8.52. The van der Waals surface area contributed by atoms with Crippen LogP contribution < -0.4 is 10.1 Å². The average molecular weight is 318 g/mol. The topological polar surface area (TPSA) is 21.3 Å². The second-order valence-electron chi connectivity index (χ2n) is 4.60. The summed E-state index contributed by atoms with van der Waals surface area (Å²) in [6.07, 6.45) is 2.23. The number of halogens is 2. The first kappa shape index (κ1) is 15.4. The molecule has 0 amide bonds. The van der Waals surface area contributed by atoms with Crippen molar-refractivity contribution in [3.05, 3.63) is 28.5 Å². The van der Waals surface area contributed by atoms with E-state index < -0.39 is 0 Å². The Labute approximate surface area is 117 Å². The molecule has 1 rings (SSSR count). The van der Waals surface area contributed by atoms with Crippen LogP contribution >= 0.6 is 15.9 Å². The van der Waals surface area contributed by atoms with Gasteiger partial charge in [0.15, 0.2) is 11.6 Å². The van der Waals surface area contributed by atoms with Crippen molar-refractivity contribution in [2.75, 3.05) is 6.54 Å². The molecule has 0 spiro atoms. The average Bonchev–Trinajstić information content (AvgIpc) is 2.32. The predicted octanol–water partition coefficient (Wildman–Crippen LogP) is 4.13. The van der Waals surface area contributed by atoms with Crippen molar-refractivity contribution in [2.24, 2.45) is 0 Å². The van der Waals surface area contributed by atoms with E-state index in [-0.39, 0.29) is 11.9 Å². The normalized spacial score (nSPS) is 14.3. The second kappa shape index (κ2) is 7.74. The van der Waals surface area contributed by atoms with Crippen LogP contribution in [-0.2, 0) is 0 Å². The molecule has 0 fully saturated rings. The Morgan fingerprint density at radius 3 is 2.78 bits per heavy atom. The van der Waals surface area contributed by atoms with Crippen LogP contribution in [0.1, 0.15) is 33.6 Å². The van der Waals surface area contributed by atoms with Crippen LogP contribution in [0.5, 0.6) is 5.75 Å². The quantitative estimate of drug-likeness (QED) is 0.816. The van der Waals surface area contributed by atoms with Crippen LogP contribution in [0.15, 0.2) is 22.7 Å². The van der Waals surface area contributed by atoms with E-state index in [0.29, 0.717) is 18.3 Å². The van der Waals surface area contributed by atoms with Gasteiger partial charge in [0.05, 0.1) is 0 Å². The van der Waals surface area contributed by atoms with Crippen molar-refractivity contribution in [3.8, 4) is 5.75 Å². The van der Waals surface area contributed by atoms with Crippen molar-refractivity contribution in [2.45, 2.75) is 45.8 Å². The highest BCUT2D eigenvalue weighted by Crippen LogP contribution is 2.23. The molecular weight excluding hydrogens is 297 g/mol. The van der Waals surface area contributed by atoms with Crippen LogP contribution in [0.4, 0.5) is 4.39 Å². The Hall–Kier alpha value is -0.610. The van der Waals surface area contributed by atoms with Crippen molar-refractivity contribution in [1.29, 1.82) is 0 Å². The van der Waals surface area contributed by atoms with E-state index in [1.165, 1.54) is 6.07 Å². The Balaban J connectivity index is 2.44. The molecule has 18 heavy (non-hydrogen) atoms. The van der Waals surface area contributed by atoms with Crippen molar-refractivity contribution in [3.63, 3.8) is 0 Å². The van der Waals surface area contributed by atoms with Gasteiger partial charge in [-0.3, -0.25) is 0 Å². The van der Waals surface area contributed by atoms with Gasteiger partial charge in [0.25, 0.3) is 0 Å². The number of nitrogens with one attached hydrogen (secondary N) is 1. The Morgan fingerprint density at radius 1 is 1.39 bits per heavy atom. The SMILES string of the molecule is CCCC(C)NCC(C)Oc1cc(Br)ccc1F. The van der Waals surface area contributed by atoms with Crippen molar-refractivity contribution < 1.29 is 9.13 Å². The summed E-state index contributed by atoms with van der Waals surface area (Å²) in [6.45, 7) is 6.96. The summed E-state index contributed by atoms with van der Waals surface area (Å²) in [7, 11) is 0.